The van der Waals surface area contributed by atoms with Gasteiger partial charge >= 0.3 is 0 Å². The Morgan fingerprint density at radius 3 is 2.65 bits per heavy atom. The highest BCUT2D eigenvalue weighted by molar-refractivity contribution is 8.02. The van der Waals surface area contributed by atoms with Gasteiger partial charge in [0.1, 0.15) is 0 Å². The van der Waals surface area contributed by atoms with Gasteiger partial charge in [0.25, 0.3) is 0 Å². The molecule has 1 aliphatic rings. The molecule has 17 heavy (non-hydrogen) atoms. The molecule has 0 spiro atoms. The molecule has 7 heteroatoms. The molecule has 2 atom stereocenters. The molecule has 3 N–H and O–H groups in total. The van der Waals surface area contributed by atoms with E-state index in [4.69, 9.17) is 17.3 Å². The number of hydrogen-bond acceptors (Lipinski definition) is 5. The Labute approximate surface area is 109 Å². The molecular formula is C10H12ClNO3S2. The van der Waals surface area contributed by atoms with E-state index < -0.39 is 15.9 Å². The smallest absolute Gasteiger partial charge is 0.154 e. The van der Waals surface area contributed by atoms with Gasteiger partial charge in [-0.1, -0.05) is 11.6 Å². The van der Waals surface area contributed by atoms with Gasteiger partial charge in [-0.05, 0) is 18.2 Å². The molecule has 0 aromatic heterocycles. The minimum absolute atomic E-state index is 0.0130. The van der Waals surface area contributed by atoms with Crippen LogP contribution in [0.1, 0.15) is 0 Å². The van der Waals surface area contributed by atoms with Crippen LogP contribution in [0.3, 0.4) is 0 Å². The van der Waals surface area contributed by atoms with Crippen molar-refractivity contribution in [1.29, 1.82) is 0 Å². The third-order valence-corrected chi connectivity index (χ3v) is 6.09. The summed E-state index contributed by atoms with van der Waals surface area (Å²) >= 11 is 7.06. The highest BCUT2D eigenvalue weighted by atomic mass is 35.5. The first-order valence-corrected chi connectivity index (χ1v) is 8.05. The summed E-state index contributed by atoms with van der Waals surface area (Å²) in [5.41, 5.74) is 6.28. The minimum atomic E-state index is -3.12. The molecule has 1 saturated heterocycles. The third kappa shape index (κ3) is 3.07. The van der Waals surface area contributed by atoms with Gasteiger partial charge in [-0.2, -0.15) is 0 Å². The molecule has 2 unspecified atom stereocenters. The number of anilines is 1. The van der Waals surface area contributed by atoms with Crippen molar-refractivity contribution in [1.82, 2.24) is 0 Å². The van der Waals surface area contributed by atoms with E-state index in [1.807, 2.05) is 0 Å². The Morgan fingerprint density at radius 1 is 1.41 bits per heavy atom. The highest BCUT2D eigenvalue weighted by Crippen LogP contribution is 2.35. The maximum Gasteiger partial charge on any atom is 0.154 e. The maximum atomic E-state index is 11.4. The predicted molar refractivity (Wildman–Crippen MR) is 70.2 cm³/mol. The van der Waals surface area contributed by atoms with Crippen molar-refractivity contribution in [2.75, 3.05) is 17.2 Å². The quantitative estimate of drug-likeness (QED) is 0.800. The molecule has 4 nitrogen and oxygen atoms in total. The Balaban J connectivity index is 2.17. The average Bonchev–Trinajstić information content (AvgIpc) is 2.44. The summed E-state index contributed by atoms with van der Waals surface area (Å²) in [6, 6.07) is 5.04. The standard InChI is InChI=1S/C10H12ClNO3S2/c11-6-1-2-9(7(12)3-6)16-10-5-17(14,15)4-8(10)13/h1-3,8,10,13H,4-5,12H2. The lowest BCUT2D eigenvalue weighted by Crippen LogP contribution is -2.20. The van der Waals surface area contributed by atoms with E-state index in [1.165, 1.54) is 11.8 Å². The van der Waals surface area contributed by atoms with Crippen LogP contribution in [0.4, 0.5) is 5.69 Å². The fourth-order valence-electron chi connectivity index (χ4n) is 1.70. The SMILES string of the molecule is Nc1cc(Cl)ccc1SC1CS(=O)(=O)CC1O. The fraction of sp³-hybridized carbons (Fsp3) is 0.400. The van der Waals surface area contributed by atoms with Crippen LogP contribution in [0.2, 0.25) is 5.02 Å². The lowest BCUT2D eigenvalue weighted by molar-refractivity contribution is 0.207. The maximum absolute atomic E-state index is 11.4. The van der Waals surface area contributed by atoms with Crippen LogP contribution < -0.4 is 5.73 Å². The summed E-state index contributed by atoms with van der Waals surface area (Å²) in [6.07, 6.45) is -0.833. The number of aliphatic hydroxyl groups is 1. The van der Waals surface area contributed by atoms with Crippen molar-refractivity contribution >= 4 is 38.9 Å². The molecule has 1 aromatic carbocycles. The molecule has 0 radical (unpaired) electrons. The molecule has 0 amide bonds. The van der Waals surface area contributed by atoms with Crippen LogP contribution >= 0.6 is 23.4 Å². The predicted octanol–water partition coefficient (Wildman–Crippen LogP) is 1.17. The summed E-state index contributed by atoms with van der Waals surface area (Å²) in [7, 11) is -3.12. The Bertz CT molecular complexity index is 532. The number of nitrogen functional groups attached to an aromatic ring is 1. The van der Waals surface area contributed by atoms with Crippen molar-refractivity contribution < 1.29 is 13.5 Å². The van der Waals surface area contributed by atoms with Crippen molar-refractivity contribution in [2.45, 2.75) is 16.2 Å². The first-order chi connectivity index (χ1) is 7.87. The molecular weight excluding hydrogens is 282 g/mol. The van der Waals surface area contributed by atoms with E-state index in [-0.39, 0.29) is 16.8 Å². The molecule has 1 heterocycles. The number of aliphatic hydroxyl groups excluding tert-OH is 1. The van der Waals surface area contributed by atoms with Gasteiger partial charge in [0.15, 0.2) is 9.84 Å². The van der Waals surface area contributed by atoms with Crippen LogP contribution in [0.25, 0.3) is 0 Å². The van der Waals surface area contributed by atoms with E-state index in [2.05, 4.69) is 0 Å². The highest BCUT2D eigenvalue weighted by Gasteiger charge is 2.37. The van der Waals surface area contributed by atoms with E-state index in [0.717, 1.165) is 4.90 Å². The van der Waals surface area contributed by atoms with Gasteiger partial charge in [-0.15, -0.1) is 11.8 Å². The average molecular weight is 294 g/mol. The van der Waals surface area contributed by atoms with Gasteiger partial charge in [0.05, 0.1) is 22.9 Å². The number of hydrogen-bond donors (Lipinski definition) is 2. The minimum Gasteiger partial charge on any atom is -0.398 e. The van der Waals surface area contributed by atoms with Crippen LogP contribution in [0.15, 0.2) is 23.1 Å². The normalized spacial score (nSPS) is 27.2. The van der Waals surface area contributed by atoms with Crippen molar-refractivity contribution in [3.8, 4) is 0 Å². The van der Waals surface area contributed by atoms with Crippen molar-refractivity contribution in [3.63, 3.8) is 0 Å². The monoisotopic (exact) mass is 293 g/mol. The molecule has 1 fully saturated rings. The van der Waals surface area contributed by atoms with Crippen LogP contribution in [-0.4, -0.2) is 36.4 Å². The van der Waals surface area contributed by atoms with Crippen LogP contribution in [-0.2, 0) is 9.84 Å². The second kappa shape index (κ2) is 4.68. The van der Waals surface area contributed by atoms with Crippen molar-refractivity contribution in [3.05, 3.63) is 23.2 Å². The third-order valence-electron chi connectivity index (χ3n) is 2.52. The summed E-state index contributed by atoms with van der Waals surface area (Å²) in [5.74, 6) is -0.181. The van der Waals surface area contributed by atoms with Crippen LogP contribution in [0.5, 0.6) is 0 Å². The summed E-state index contributed by atoms with van der Waals surface area (Å²) in [4.78, 5) is 0.746. The van der Waals surface area contributed by atoms with E-state index in [0.29, 0.717) is 10.7 Å². The number of rotatable bonds is 2. The number of halogens is 1. The lowest BCUT2D eigenvalue weighted by Gasteiger charge is -2.13. The van der Waals surface area contributed by atoms with Gasteiger partial charge < -0.3 is 10.8 Å². The summed E-state index contributed by atoms with van der Waals surface area (Å²) in [6.45, 7) is 0. The van der Waals surface area contributed by atoms with Gasteiger partial charge in [0.2, 0.25) is 0 Å². The summed E-state index contributed by atoms with van der Waals surface area (Å²) < 4.78 is 22.7. The van der Waals surface area contributed by atoms with Gasteiger partial charge in [0, 0.05) is 15.6 Å². The number of thioether (sulfide) groups is 1. The fourth-order valence-corrected chi connectivity index (χ4v) is 5.43. The number of nitrogens with two attached hydrogens (primary N) is 1. The molecule has 0 saturated carbocycles. The molecule has 1 aliphatic heterocycles. The zero-order chi connectivity index (χ0) is 12.6. The molecule has 0 bridgehead atoms. The van der Waals surface area contributed by atoms with Crippen molar-refractivity contribution in [2.24, 2.45) is 0 Å². The van der Waals surface area contributed by atoms with E-state index >= 15 is 0 Å². The molecule has 0 aliphatic carbocycles. The Kier molecular flexibility index (Phi) is 3.58. The largest absolute Gasteiger partial charge is 0.398 e. The lowest BCUT2D eigenvalue weighted by atomic mass is 10.3. The number of sulfone groups is 1. The second-order valence-electron chi connectivity index (χ2n) is 3.98. The first-order valence-electron chi connectivity index (χ1n) is 4.97. The zero-order valence-electron chi connectivity index (χ0n) is 8.84. The molecule has 2 rings (SSSR count). The topological polar surface area (TPSA) is 80.4 Å². The van der Waals surface area contributed by atoms with Gasteiger partial charge in [-0.3, -0.25) is 0 Å². The first kappa shape index (κ1) is 13.0. The summed E-state index contributed by atoms with van der Waals surface area (Å²) in [5, 5.41) is 9.84. The molecule has 1 aromatic rings. The number of benzene rings is 1. The Morgan fingerprint density at radius 2 is 2.12 bits per heavy atom. The Hall–Kier alpha value is -0.430. The van der Waals surface area contributed by atoms with Gasteiger partial charge in [-0.25, -0.2) is 8.42 Å². The van der Waals surface area contributed by atoms with Crippen LogP contribution in [0, 0.1) is 0 Å². The van der Waals surface area contributed by atoms with E-state index in [9.17, 15) is 13.5 Å². The zero-order valence-corrected chi connectivity index (χ0v) is 11.2. The van der Waals surface area contributed by atoms with E-state index in [1.54, 1.807) is 18.2 Å². The second-order valence-corrected chi connectivity index (χ2v) is 7.85. The molecule has 94 valence electrons.